The summed E-state index contributed by atoms with van der Waals surface area (Å²) in [6.45, 7) is 3.89. The normalized spacial score (nSPS) is 17.0. The molecule has 0 bridgehead atoms. The number of hydrogen-bond acceptors (Lipinski definition) is 5. The van der Waals surface area contributed by atoms with Gasteiger partial charge in [-0.2, -0.15) is 0 Å². The van der Waals surface area contributed by atoms with E-state index in [1.807, 2.05) is 6.92 Å². The van der Waals surface area contributed by atoms with Crippen LogP contribution in [0.1, 0.15) is 31.9 Å². The molecule has 7 nitrogen and oxygen atoms in total. The zero-order valence-electron chi connectivity index (χ0n) is 14.3. The molecule has 0 spiro atoms. The molecule has 0 saturated carbocycles. The molecule has 1 heterocycles. The van der Waals surface area contributed by atoms with Gasteiger partial charge in [-0.3, -0.25) is 0 Å². The van der Waals surface area contributed by atoms with Crippen molar-refractivity contribution in [2.24, 2.45) is 0 Å². The summed E-state index contributed by atoms with van der Waals surface area (Å²) >= 11 is 0. The highest BCUT2D eigenvalue weighted by atomic mass is 16.5. The molecule has 1 aliphatic heterocycles. The molecule has 1 unspecified atom stereocenters. The number of allylic oxidation sites excluding steroid dienone is 1. The number of methoxy groups -OCH3 is 2. The molecule has 0 saturated heterocycles. The minimum atomic E-state index is -0.687. The van der Waals surface area contributed by atoms with Gasteiger partial charge in [0.1, 0.15) is 0 Å². The molecule has 1 atom stereocenters. The van der Waals surface area contributed by atoms with Gasteiger partial charge in [-0.05, 0) is 19.4 Å². The lowest BCUT2D eigenvalue weighted by Gasteiger charge is -2.29. The fourth-order valence-corrected chi connectivity index (χ4v) is 2.61. The first-order valence-corrected chi connectivity index (χ1v) is 7.69. The topological polar surface area (TPSA) is 85.9 Å². The Morgan fingerprint density at radius 1 is 1.25 bits per heavy atom. The molecule has 2 N–H and O–H groups in total. The van der Waals surface area contributed by atoms with Crippen LogP contribution in [-0.2, 0) is 9.53 Å². The number of para-hydroxylation sites is 1. The van der Waals surface area contributed by atoms with Crippen molar-refractivity contribution in [2.45, 2.75) is 26.3 Å². The van der Waals surface area contributed by atoms with Crippen molar-refractivity contribution < 1.29 is 23.8 Å². The van der Waals surface area contributed by atoms with Gasteiger partial charge < -0.3 is 24.8 Å². The highest BCUT2D eigenvalue weighted by molar-refractivity contribution is 5.95. The van der Waals surface area contributed by atoms with Crippen molar-refractivity contribution in [1.82, 2.24) is 10.6 Å². The average Bonchev–Trinajstić information content (AvgIpc) is 2.58. The zero-order valence-corrected chi connectivity index (χ0v) is 14.3. The van der Waals surface area contributed by atoms with Crippen molar-refractivity contribution in [3.8, 4) is 11.5 Å². The third kappa shape index (κ3) is 3.45. The van der Waals surface area contributed by atoms with Gasteiger partial charge in [0, 0.05) is 11.3 Å². The number of benzene rings is 1. The monoisotopic (exact) mass is 334 g/mol. The molecule has 1 aromatic rings. The van der Waals surface area contributed by atoms with Crippen molar-refractivity contribution in [2.75, 3.05) is 20.8 Å². The number of amides is 2. The number of urea groups is 1. The maximum atomic E-state index is 12.5. The largest absolute Gasteiger partial charge is 0.493 e. The van der Waals surface area contributed by atoms with E-state index in [4.69, 9.17) is 14.2 Å². The van der Waals surface area contributed by atoms with E-state index >= 15 is 0 Å². The van der Waals surface area contributed by atoms with Crippen molar-refractivity contribution >= 4 is 12.0 Å². The van der Waals surface area contributed by atoms with Crippen molar-refractivity contribution in [3.05, 3.63) is 35.0 Å². The van der Waals surface area contributed by atoms with Crippen LogP contribution in [0.2, 0.25) is 0 Å². The van der Waals surface area contributed by atoms with Gasteiger partial charge in [-0.15, -0.1) is 0 Å². The van der Waals surface area contributed by atoms with E-state index in [9.17, 15) is 9.59 Å². The number of nitrogens with one attached hydrogen (secondary N) is 2. The second-order valence-electron chi connectivity index (χ2n) is 5.29. The highest BCUT2D eigenvalue weighted by Crippen LogP contribution is 2.38. The number of carbonyl (C=O) groups excluding carboxylic acids is 2. The third-order valence-corrected chi connectivity index (χ3v) is 3.67. The predicted molar refractivity (Wildman–Crippen MR) is 87.9 cm³/mol. The summed E-state index contributed by atoms with van der Waals surface area (Å²) in [4.78, 5) is 24.4. The smallest absolute Gasteiger partial charge is 0.338 e. The van der Waals surface area contributed by atoms with Crippen LogP contribution in [0.5, 0.6) is 11.5 Å². The van der Waals surface area contributed by atoms with E-state index in [1.54, 1.807) is 25.1 Å². The molecule has 0 fully saturated rings. The second-order valence-corrected chi connectivity index (χ2v) is 5.29. The Bertz CT molecular complexity index is 669. The van der Waals surface area contributed by atoms with E-state index in [2.05, 4.69) is 10.6 Å². The Morgan fingerprint density at radius 3 is 2.62 bits per heavy atom. The minimum Gasteiger partial charge on any atom is -0.493 e. The first-order chi connectivity index (χ1) is 11.5. The van der Waals surface area contributed by atoms with Gasteiger partial charge in [0.05, 0.1) is 32.4 Å². The van der Waals surface area contributed by atoms with Crippen LogP contribution in [0.25, 0.3) is 0 Å². The van der Waals surface area contributed by atoms with Gasteiger partial charge in [0.15, 0.2) is 11.5 Å². The Labute approximate surface area is 141 Å². The second kappa shape index (κ2) is 7.72. The van der Waals surface area contributed by atoms with E-state index < -0.39 is 18.0 Å². The molecular weight excluding hydrogens is 312 g/mol. The molecule has 0 radical (unpaired) electrons. The van der Waals surface area contributed by atoms with Gasteiger partial charge in [0.2, 0.25) is 0 Å². The van der Waals surface area contributed by atoms with Crippen LogP contribution in [0.4, 0.5) is 4.79 Å². The molecule has 1 aliphatic rings. The van der Waals surface area contributed by atoms with Crippen LogP contribution in [-0.4, -0.2) is 32.8 Å². The summed E-state index contributed by atoms with van der Waals surface area (Å²) in [6, 6.07) is 4.21. The Kier molecular flexibility index (Phi) is 5.68. The summed E-state index contributed by atoms with van der Waals surface area (Å²) in [5.41, 5.74) is 1.42. The predicted octanol–water partition coefficient (Wildman–Crippen LogP) is 2.28. The maximum absolute atomic E-state index is 12.5. The molecule has 0 aliphatic carbocycles. The van der Waals surface area contributed by atoms with Crippen LogP contribution in [0, 0.1) is 0 Å². The standard InChI is InChI=1S/C17H22N2O5/c1-5-9-24-16(20)13-10(2)18-17(21)19-14(13)11-7-6-8-12(22-3)15(11)23-4/h6-8,14H,5,9H2,1-4H3,(H2,18,19,21). The van der Waals surface area contributed by atoms with Gasteiger partial charge in [-0.1, -0.05) is 19.1 Å². The molecule has 7 heteroatoms. The highest BCUT2D eigenvalue weighted by Gasteiger charge is 2.34. The van der Waals surface area contributed by atoms with E-state index in [-0.39, 0.29) is 0 Å². The lowest BCUT2D eigenvalue weighted by molar-refractivity contribution is -0.139. The SMILES string of the molecule is CCCOC(=O)C1=C(C)NC(=O)NC1c1cccc(OC)c1OC. The molecule has 0 aromatic heterocycles. The van der Waals surface area contributed by atoms with Gasteiger partial charge in [0.25, 0.3) is 0 Å². The minimum absolute atomic E-state index is 0.311. The van der Waals surface area contributed by atoms with Crippen LogP contribution in [0.3, 0.4) is 0 Å². The zero-order chi connectivity index (χ0) is 17.7. The number of hydrogen-bond donors (Lipinski definition) is 2. The summed E-state index contributed by atoms with van der Waals surface area (Å²) in [7, 11) is 3.04. The lowest BCUT2D eigenvalue weighted by atomic mass is 9.94. The van der Waals surface area contributed by atoms with E-state index in [0.717, 1.165) is 0 Å². The molecule has 1 aromatic carbocycles. The third-order valence-electron chi connectivity index (χ3n) is 3.67. The van der Waals surface area contributed by atoms with Crippen molar-refractivity contribution in [1.29, 1.82) is 0 Å². The number of rotatable bonds is 6. The Hall–Kier alpha value is -2.70. The average molecular weight is 334 g/mol. The summed E-state index contributed by atoms with van der Waals surface area (Å²) in [5, 5.41) is 5.36. The van der Waals surface area contributed by atoms with E-state index in [1.165, 1.54) is 14.2 Å². The summed E-state index contributed by atoms with van der Waals surface area (Å²) in [5.74, 6) is 0.499. The van der Waals surface area contributed by atoms with Gasteiger partial charge in [-0.25, -0.2) is 9.59 Å². The number of esters is 1. The molecule has 2 amide bonds. The number of carbonyl (C=O) groups is 2. The fraction of sp³-hybridized carbons (Fsp3) is 0.412. The van der Waals surface area contributed by atoms with Crippen LogP contribution >= 0.6 is 0 Å². The summed E-state index contributed by atoms with van der Waals surface area (Å²) < 4.78 is 16.0. The fourth-order valence-electron chi connectivity index (χ4n) is 2.61. The first-order valence-electron chi connectivity index (χ1n) is 7.69. The number of ether oxygens (including phenoxy) is 3. The summed E-state index contributed by atoms with van der Waals surface area (Å²) in [6.07, 6.45) is 0.713. The van der Waals surface area contributed by atoms with E-state index in [0.29, 0.717) is 41.4 Å². The van der Waals surface area contributed by atoms with Gasteiger partial charge >= 0.3 is 12.0 Å². The Balaban J connectivity index is 2.51. The Morgan fingerprint density at radius 2 is 2.00 bits per heavy atom. The molecular formula is C17H22N2O5. The molecule has 130 valence electrons. The maximum Gasteiger partial charge on any atom is 0.338 e. The van der Waals surface area contributed by atoms with Crippen molar-refractivity contribution in [3.63, 3.8) is 0 Å². The van der Waals surface area contributed by atoms with Crippen LogP contribution < -0.4 is 20.1 Å². The first kappa shape index (κ1) is 17.7. The molecule has 24 heavy (non-hydrogen) atoms. The quantitative estimate of drug-likeness (QED) is 0.780. The molecule has 2 rings (SSSR count). The van der Waals surface area contributed by atoms with Crippen LogP contribution in [0.15, 0.2) is 29.5 Å². The lowest BCUT2D eigenvalue weighted by Crippen LogP contribution is -2.45.